The van der Waals surface area contributed by atoms with Gasteiger partial charge in [0.15, 0.2) is 0 Å². The first-order valence-electron chi connectivity index (χ1n) is 5.08. The number of rotatable bonds is 1. The number of carbonyl (C=O) groups excluding carboxylic acids is 2. The van der Waals surface area contributed by atoms with E-state index < -0.39 is 10.1 Å². The molecule has 1 saturated heterocycles. The van der Waals surface area contributed by atoms with Crippen LogP contribution in [0.4, 0.5) is 0 Å². The number of hydrogen-bond acceptors (Lipinski definition) is 4. The van der Waals surface area contributed by atoms with E-state index in [0.717, 1.165) is 5.56 Å². The van der Waals surface area contributed by atoms with Crippen LogP contribution in [-0.4, -0.2) is 31.0 Å². The molecule has 1 aliphatic heterocycles. The number of benzene rings is 1. The number of amides is 2. The van der Waals surface area contributed by atoms with Gasteiger partial charge < -0.3 is 0 Å². The Hall–Kier alpha value is -1.73. The summed E-state index contributed by atoms with van der Waals surface area (Å²) in [4.78, 5) is 22.2. The Kier molecular flexibility index (Phi) is 4.57. The quantitative estimate of drug-likeness (QED) is 0.566. The highest BCUT2D eigenvalue weighted by atomic mass is 32.2. The van der Waals surface area contributed by atoms with Crippen LogP contribution in [0.1, 0.15) is 17.9 Å². The van der Waals surface area contributed by atoms with Crippen molar-refractivity contribution in [1.82, 2.24) is 5.32 Å². The van der Waals surface area contributed by atoms with Crippen LogP contribution in [-0.2, 0) is 19.7 Å². The van der Waals surface area contributed by atoms with Gasteiger partial charge >= 0.3 is 0 Å². The molecule has 7 heteroatoms. The van der Waals surface area contributed by atoms with Crippen LogP contribution < -0.4 is 5.32 Å². The fourth-order valence-corrected chi connectivity index (χ4v) is 1.51. The number of imide groups is 1. The summed E-state index contributed by atoms with van der Waals surface area (Å²) in [6, 6.07) is 9.35. The van der Waals surface area contributed by atoms with Crippen molar-refractivity contribution < 1.29 is 22.6 Å². The second-order valence-corrected chi connectivity index (χ2v) is 5.28. The summed E-state index contributed by atoms with van der Waals surface area (Å²) in [6.07, 6.45) is 0.996. The maximum Gasteiger partial charge on any atom is 0.261 e. The molecule has 1 aromatic carbocycles. The Morgan fingerprint density at radius 2 is 1.72 bits per heavy atom. The first-order chi connectivity index (χ1) is 8.27. The van der Waals surface area contributed by atoms with Gasteiger partial charge in [0, 0.05) is 6.42 Å². The van der Waals surface area contributed by atoms with Crippen LogP contribution in [0.5, 0.6) is 0 Å². The van der Waals surface area contributed by atoms with E-state index in [1.54, 1.807) is 0 Å². The molecule has 6 nitrogen and oxygen atoms in total. The van der Waals surface area contributed by atoms with Crippen molar-refractivity contribution in [3.8, 4) is 0 Å². The molecule has 98 valence electrons. The van der Waals surface area contributed by atoms with E-state index in [9.17, 15) is 18.0 Å². The Balaban J connectivity index is 0.000000280. The summed E-state index contributed by atoms with van der Waals surface area (Å²) in [5, 5.41) is 2.29. The molecule has 1 aliphatic rings. The lowest BCUT2D eigenvalue weighted by Gasteiger charge is -2.04. The SMILES string of the molecule is CS(=O)(=O)O.O=C1CC(c2ccccc2)C(=O)N1. The molecule has 0 saturated carbocycles. The fourth-order valence-electron chi connectivity index (χ4n) is 1.51. The molecule has 0 spiro atoms. The van der Waals surface area contributed by atoms with Crippen LogP contribution >= 0.6 is 0 Å². The molecule has 1 fully saturated rings. The van der Waals surface area contributed by atoms with E-state index in [1.165, 1.54) is 0 Å². The highest BCUT2D eigenvalue weighted by Gasteiger charge is 2.31. The largest absolute Gasteiger partial charge is 0.296 e. The maximum atomic E-state index is 11.3. The van der Waals surface area contributed by atoms with Gasteiger partial charge in [0.1, 0.15) is 0 Å². The van der Waals surface area contributed by atoms with Crippen LogP contribution in [0.2, 0.25) is 0 Å². The van der Waals surface area contributed by atoms with Gasteiger partial charge in [-0.3, -0.25) is 19.5 Å². The smallest absolute Gasteiger partial charge is 0.261 e. The molecule has 2 N–H and O–H groups in total. The van der Waals surface area contributed by atoms with Gasteiger partial charge in [0.2, 0.25) is 11.8 Å². The summed E-state index contributed by atoms with van der Waals surface area (Å²) in [5.74, 6) is -0.649. The van der Waals surface area contributed by atoms with Gasteiger partial charge in [-0.15, -0.1) is 0 Å². The first kappa shape index (κ1) is 14.3. The van der Waals surface area contributed by atoms with Crippen molar-refractivity contribution in [1.29, 1.82) is 0 Å². The summed E-state index contributed by atoms with van der Waals surface area (Å²) in [5.41, 5.74) is 0.908. The van der Waals surface area contributed by atoms with Gasteiger partial charge in [-0.1, -0.05) is 30.3 Å². The minimum absolute atomic E-state index is 0.182. The minimum atomic E-state index is -3.67. The zero-order valence-corrected chi connectivity index (χ0v) is 10.5. The summed E-state index contributed by atoms with van der Waals surface area (Å²) < 4.78 is 25.9. The first-order valence-corrected chi connectivity index (χ1v) is 6.93. The standard InChI is InChI=1S/C10H9NO2.CH4O3S/c12-9-6-8(10(13)11-9)7-4-2-1-3-5-7;1-5(2,3)4/h1-5,8H,6H2,(H,11,12,13);1H3,(H,2,3,4). The Labute approximate surface area is 105 Å². The monoisotopic (exact) mass is 271 g/mol. The third-order valence-corrected chi connectivity index (χ3v) is 2.17. The van der Waals surface area contributed by atoms with Crippen LogP contribution in [0, 0.1) is 0 Å². The molecule has 1 unspecified atom stereocenters. The van der Waals surface area contributed by atoms with Crippen molar-refractivity contribution in [3.05, 3.63) is 35.9 Å². The van der Waals surface area contributed by atoms with E-state index in [0.29, 0.717) is 6.26 Å². The van der Waals surface area contributed by atoms with Gasteiger partial charge in [-0.05, 0) is 5.56 Å². The van der Waals surface area contributed by atoms with Gasteiger partial charge in [0.05, 0.1) is 12.2 Å². The predicted molar refractivity (Wildman–Crippen MR) is 64.4 cm³/mol. The van der Waals surface area contributed by atoms with Gasteiger partial charge in [-0.2, -0.15) is 8.42 Å². The van der Waals surface area contributed by atoms with Crippen molar-refractivity contribution in [2.45, 2.75) is 12.3 Å². The molecule has 18 heavy (non-hydrogen) atoms. The van der Waals surface area contributed by atoms with E-state index in [4.69, 9.17) is 4.55 Å². The molecule has 2 rings (SSSR count). The molecule has 0 radical (unpaired) electrons. The Morgan fingerprint density at radius 1 is 1.22 bits per heavy atom. The number of hydrogen-bond donors (Lipinski definition) is 2. The average Bonchev–Trinajstić information content (AvgIpc) is 2.57. The second kappa shape index (κ2) is 5.74. The Morgan fingerprint density at radius 3 is 2.11 bits per heavy atom. The fraction of sp³-hybridized carbons (Fsp3) is 0.273. The van der Waals surface area contributed by atoms with Crippen molar-refractivity contribution in [2.24, 2.45) is 0 Å². The highest BCUT2D eigenvalue weighted by molar-refractivity contribution is 7.85. The maximum absolute atomic E-state index is 11.3. The predicted octanol–water partition coefficient (Wildman–Crippen LogP) is 0.321. The van der Waals surface area contributed by atoms with Crippen LogP contribution in [0.3, 0.4) is 0 Å². The lowest BCUT2D eigenvalue weighted by Crippen LogP contribution is -2.21. The van der Waals surface area contributed by atoms with Crippen molar-refractivity contribution >= 4 is 21.9 Å². The topological polar surface area (TPSA) is 101 Å². The van der Waals surface area contributed by atoms with E-state index in [2.05, 4.69) is 5.32 Å². The molecule has 0 bridgehead atoms. The lowest BCUT2D eigenvalue weighted by molar-refractivity contribution is -0.125. The van der Waals surface area contributed by atoms with Crippen molar-refractivity contribution in [3.63, 3.8) is 0 Å². The lowest BCUT2D eigenvalue weighted by atomic mass is 9.98. The van der Waals surface area contributed by atoms with E-state index in [-0.39, 0.29) is 24.2 Å². The minimum Gasteiger partial charge on any atom is -0.296 e. The molecule has 1 heterocycles. The van der Waals surface area contributed by atoms with E-state index in [1.807, 2.05) is 30.3 Å². The molecule has 0 aliphatic carbocycles. The average molecular weight is 271 g/mol. The molecular formula is C11H13NO5S. The number of nitrogens with one attached hydrogen (secondary N) is 1. The van der Waals surface area contributed by atoms with Crippen LogP contribution in [0.15, 0.2) is 30.3 Å². The zero-order valence-electron chi connectivity index (χ0n) is 9.66. The normalized spacial score (nSPS) is 18.9. The molecular weight excluding hydrogens is 258 g/mol. The zero-order chi connectivity index (χ0) is 13.8. The van der Waals surface area contributed by atoms with E-state index >= 15 is 0 Å². The summed E-state index contributed by atoms with van der Waals surface area (Å²) >= 11 is 0. The summed E-state index contributed by atoms with van der Waals surface area (Å²) in [6.45, 7) is 0. The van der Waals surface area contributed by atoms with Gasteiger partial charge in [-0.25, -0.2) is 0 Å². The van der Waals surface area contributed by atoms with Gasteiger partial charge in [0.25, 0.3) is 10.1 Å². The summed E-state index contributed by atoms with van der Waals surface area (Å²) in [7, 11) is -3.67. The van der Waals surface area contributed by atoms with Crippen LogP contribution in [0.25, 0.3) is 0 Å². The molecule has 1 atom stereocenters. The highest BCUT2D eigenvalue weighted by Crippen LogP contribution is 2.23. The third-order valence-electron chi connectivity index (χ3n) is 2.17. The molecule has 1 aromatic rings. The number of carbonyl (C=O) groups is 2. The van der Waals surface area contributed by atoms with Crippen molar-refractivity contribution in [2.75, 3.05) is 6.26 Å². The molecule has 0 aromatic heterocycles. The second-order valence-electron chi connectivity index (χ2n) is 3.81. The Bertz CT molecular complexity index is 530. The molecule has 2 amide bonds. The third kappa shape index (κ3) is 5.07.